The first-order valence-electron chi connectivity index (χ1n) is 7.05. The molecule has 0 aliphatic heterocycles. The summed E-state index contributed by atoms with van der Waals surface area (Å²) < 4.78 is 28.0. The predicted octanol–water partition coefficient (Wildman–Crippen LogP) is 2.87. The van der Waals surface area contributed by atoms with E-state index in [0.29, 0.717) is 11.9 Å². The molecule has 0 radical (unpaired) electrons. The number of carbonyl (C=O) groups is 1. The SMILES string of the molecule is O=C(NCc1ccc(-n2ccnc2)nc1)Nc1ccc(F)cc1F. The van der Waals surface area contributed by atoms with E-state index in [-0.39, 0.29) is 12.2 Å². The number of carbonyl (C=O) groups excluding carboxylic acids is 1. The van der Waals surface area contributed by atoms with Gasteiger partial charge in [0, 0.05) is 31.2 Å². The van der Waals surface area contributed by atoms with Crippen LogP contribution in [-0.4, -0.2) is 20.6 Å². The number of nitrogens with one attached hydrogen (secondary N) is 2. The first-order valence-corrected chi connectivity index (χ1v) is 7.05. The highest BCUT2D eigenvalue weighted by Gasteiger charge is 2.08. The van der Waals surface area contributed by atoms with Crippen LogP contribution in [0.25, 0.3) is 5.82 Å². The lowest BCUT2D eigenvalue weighted by atomic mass is 10.3. The van der Waals surface area contributed by atoms with Crippen LogP contribution < -0.4 is 10.6 Å². The number of aromatic nitrogens is 3. The zero-order valence-electron chi connectivity index (χ0n) is 12.4. The zero-order valence-corrected chi connectivity index (χ0v) is 12.4. The number of pyridine rings is 1. The first-order chi connectivity index (χ1) is 11.6. The molecule has 0 aliphatic carbocycles. The van der Waals surface area contributed by atoms with Gasteiger partial charge in [-0.3, -0.25) is 4.57 Å². The molecule has 3 rings (SSSR count). The number of halogens is 2. The summed E-state index contributed by atoms with van der Waals surface area (Å²) in [6.45, 7) is 0.214. The molecular weight excluding hydrogens is 316 g/mol. The van der Waals surface area contributed by atoms with Crippen molar-refractivity contribution in [3.05, 3.63) is 72.4 Å². The molecule has 122 valence electrons. The normalized spacial score (nSPS) is 10.4. The lowest BCUT2D eigenvalue weighted by Crippen LogP contribution is -2.28. The number of hydrogen-bond acceptors (Lipinski definition) is 3. The number of anilines is 1. The van der Waals surface area contributed by atoms with E-state index in [1.165, 1.54) is 0 Å². The second kappa shape index (κ2) is 6.86. The molecule has 6 nitrogen and oxygen atoms in total. The van der Waals surface area contributed by atoms with Gasteiger partial charge >= 0.3 is 6.03 Å². The fraction of sp³-hybridized carbons (Fsp3) is 0.0625. The van der Waals surface area contributed by atoms with E-state index in [0.717, 1.165) is 17.7 Å². The monoisotopic (exact) mass is 329 g/mol. The molecule has 0 spiro atoms. The Morgan fingerprint density at radius 3 is 2.75 bits per heavy atom. The molecule has 2 amide bonds. The highest BCUT2D eigenvalue weighted by atomic mass is 19.1. The molecule has 3 aromatic rings. The molecule has 0 saturated carbocycles. The molecule has 2 aromatic heterocycles. The fourth-order valence-corrected chi connectivity index (χ4v) is 2.01. The van der Waals surface area contributed by atoms with E-state index in [1.807, 2.05) is 0 Å². The molecule has 0 aliphatic rings. The molecule has 24 heavy (non-hydrogen) atoms. The average molecular weight is 329 g/mol. The van der Waals surface area contributed by atoms with Gasteiger partial charge in [-0.15, -0.1) is 0 Å². The van der Waals surface area contributed by atoms with E-state index >= 15 is 0 Å². The third-order valence-electron chi connectivity index (χ3n) is 3.21. The summed E-state index contributed by atoms with van der Waals surface area (Å²) in [6.07, 6.45) is 6.67. The average Bonchev–Trinajstić information content (AvgIpc) is 3.11. The van der Waals surface area contributed by atoms with Crippen LogP contribution in [-0.2, 0) is 6.54 Å². The third kappa shape index (κ3) is 3.72. The summed E-state index contributed by atoms with van der Waals surface area (Å²) in [4.78, 5) is 20.0. The van der Waals surface area contributed by atoms with Gasteiger partial charge in [0.1, 0.15) is 23.8 Å². The number of amides is 2. The second-order valence-electron chi connectivity index (χ2n) is 4.93. The topological polar surface area (TPSA) is 71.8 Å². The smallest absolute Gasteiger partial charge is 0.319 e. The molecule has 0 bridgehead atoms. The minimum absolute atomic E-state index is 0.0949. The minimum atomic E-state index is -0.837. The fourth-order valence-electron chi connectivity index (χ4n) is 2.01. The summed E-state index contributed by atoms with van der Waals surface area (Å²) in [5.41, 5.74) is 0.677. The van der Waals surface area contributed by atoms with Gasteiger partial charge in [0.15, 0.2) is 0 Å². The number of urea groups is 1. The van der Waals surface area contributed by atoms with E-state index in [4.69, 9.17) is 0 Å². The zero-order chi connectivity index (χ0) is 16.9. The van der Waals surface area contributed by atoms with Gasteiger partial charge in [-0.05, 0) is 23.8 Å². The van der Waals surface area contributed by atoms with E-state index in [1.54, 1.807) is 41.6 Å². The van der Waals surface area contributed by atoms with Crippen molar-refractivity contribution in [3.63, 3.8) is 0 Å². The summed E-state index contributed by atoms with van der Waals surface area (Å²) in [5.74, 6) is -0.840. The standard InChI is InChI=1S/C16H13F2N5O/c17-12-2-3-14(13(18)7-12)22-16(24)21-9-11-1-4-15(20-8-11)23-6-5-19-10-23/h1-8,10H,9H2,(H2,21,22,24). The van der Waals surface area contributed by atoms with Gasteiger partial charge in [0.05, 0.1) is 5.69 Å². The number of rotatable bonds is 4. The van der Waals surface area contributed by atoms with Crippen LogP contribution in [0.15, 0.2) is 55.2 Å². The molecule has 8 heteroatoms. The highest BCUT2D eigenvalue weighted by molar-refractivity contribution is 5.89. The van der Waals surface area contributed by atoms with Crippen LogP contribution in [0.1, 0.15) is 5.56 Å². The summed E-state index contributed by atoms with van der Waals surface area (Å²) >= 11 is 0. The van der Waals surface area contributed by atoms with Crippen LogP contribution in [0.3, 0.4) is 0 Å². The molecule has 2 N–H and O–H groups in total. The highest BCUT2D eigenvalue weighted by Crippen LogP contribution is 2.14. The van der Waals surface area contributed by atoms with Crippen molar-refractivity contribution in [1.82, 2.24) is 19.9 Å². The van der Waals surface area contributed by atoms with E-state index < -0.39 is 17.7 Å². The number of benzene rings is 1. The van der Waals surface area contributed by atoms with Crippen LogP contribution >= 0.6 is 0 Å². The van der Waals surface area contributed by atoms with Gasteiger partial charge in [-0.25, -0.2) is 23.5 Å². The lowest BCUT2D eigenvalue weighted by Gasteiger charge is -2.09. The van der Waals surface area contributed by atoms with Crippen LogP contribution in [0, 0.1) is 11.6 Å². The van der Waals surface area contributed by atoms with Crippen LogP contribution in [0.2, 0.25) is 0 Å². The van der Waals surface area contributed by atoms with Crippen molar-refractivity contribution in [2.24, 2.45) is 0 Å². The Labute approximate surface area is 136 Å². The van der Waals surface area contributed by atoms with Crippen molar-refractivity contribution in [3.8, 4) is 5.82 Å². The van der Waals surface area contributed by atoms with Crippen molar-refractivity contribution < 1.29 is 13.6 Å². The minimum Gasteiger partial charge on any atom is -0.334 e. The van der Waals surface area contributed by atoms with E-state index in [2.05, 4.69) is 20.6 Å². The molecule has 0 fully saturated rings. The van der Waals surface area contributed by atoms with Gasteiger partial charge in [-0.2, -0.15) is 0 Å². The van der Waals surface area contributed by atoms with Crippen molar-refractivity contribution in [2.75, 3.05) is 5.32 Å². The molecule has 0 saturated heterocycles. The number of hydrogen-bond donors (Lipinski definition) is 2. The summed E-state index contributed by atoms with van der Waals surface area (Å²) in [7, 11) is 0. The quantitative estimate of drug-likeness (QED) is 0.773. The van der Waals surface area contributed by atoms with Crippen molar-refractivity contribution in [2.45, 2.75) is 6.54 Å². The number of nitrogens with zero attached hydrogens (tertiary/aromatic N) is 3. The van der Waals surface area contributed by atoms with Gasteiger partial charge in [0.2, 0.25) is 0 Å². The van der Waals surface area contributed by atoms with Crippen LogP contribution in [0.4, 0.5) is 19.3 Å². The van der Waals surface area contributed by atoms with Crippen LogP contribution in [0.5, 0.6) is 0 Å². The largest absolute Gasteiger partial charge is 0.334 e. The molecule has 1 aromatic carbocycles. The molecule has 0 atom stereocenters. The summed E-state index contributed by atoms with van der Waals surface area (Å²) in [6, 6.07) is 5.92. The first kappa shape index (κ1) is 15.6. The van der Waals surface area contributed by atoms with E-state index in [9.17, 15) is 13.6 Å². The maximum absolute atomic E-state index is 13.5. The molecule has 2 heterocycles. The Kier molecular flexibility index (Phi) is 4.46. The number of imidazole rings is 1. The maximum atomic E-state index is 13.5. The lowest BCUT2D eigenvalue weighted by molar-refractivity contribution is 0.251. The Hall–Kier alpha value is -3.29. The molecular formula is C16H13F2N5O. The van der Waals surface area contributed by atoms with Crippen molar-refractivity contribution in [1.29, 1.82) is 0 Å². The van der Waals surface area contributed by atoms with Gasteiger partial charge in [0.25, 0.3) is 0 Å². The third-order valence-corrected chi connectivity index (χ3v) is 3.21. The van der Waals surface area contributed by atoms with Gasteiger partial charge in [-0.1, -0.05) is 6.07 Å². The van der Waals surface area contributed by atoms with Crippen molar-refractivity contribution >= 4 is 11.7 Å². The maximum Gasteiger partial charge on any atom is 0.319 e. The Morgan fingerprint density at radius 1 is 1.21 bits per heavy atom. The molecule has 0 unspecified atom stereocenters. The summed E-state index contributed by atoms with van der Waals surface area (Å²) in [5, 5.41) is 4.89. The van der Waals surface area contributed by atoms with Gasteiger partial charge < -0.3 is 10.6 Å². The Morgan fingerprint density at radius 2 is 2.08 bits per heavy atom. The Balaban J connectivity index is 1.56. The Bertz CT molecular complexity index is 834. The second-order valence-corrected chi connectivity index (χ2v) is 4.93. The predicted molar refractivity (Wildman–Crippen MR) is 83.6 cm³/mol.